The summed E-state index contributed by atoms with van der Waals surface area (Å²) in [7, 11) is 0. The van der Waals surface area contributed by atoms with E-state index in [4.69, 9.17) is 9.47 Å². The van der Waals surface area contributed by atoms with Crippen LogP contribution in [-0.2, 0) is 10.4 Å². The summed E-state index contributed by atoms with van der Waals surface area (Å²) < 4.78 is 11.9. The van der Waals surface area contributed by atoms with E-state index in [1.54, 1.807) is 11.0 Å². The SMILES string of the molecule is C=CCN1C(=O)c2ccccc2NC1(C)c1ccccc1OCC1CCCO1. The molecule has 0 saturated carbocycles. The van der Waals surface area contributed by atoms with Crippen molar-refractivity contribution in [2.24, 2.45) is 0 Å². The lowest BCUT2D eigenvalue weighted by Crippen LogP contribution is -2.56. The predicted octanol–water partition coefficient (Wildman–Crippen LogP) is 4.17. The number of benzene rings is 2. The Balaban J connectivity index is 1.71. The zero-order valence-electron chi connectivity index (χ0n) is 16.2. The van der Waals surface area contributed by atoms with Gasteiger partial charge >= 0.3 is 0 Å². The minimum atomic E-state index is -0.757. The maximum atomic E-state index is 13.3. The third-order valence-corrected chi connectivity index (χ3v) is 5.49. The molecule has 2 unspecified atom stereocenters. The summed E-state index contributed by atoms with van der Waals surface area (Å²) in [6, 6.07) is 15.5. The first-order valence-electron chi connectivity index (χ1n) is 9.77. The van der Waals surface area contributed by atoms with Crippen LogP contribution in [0, 0.1) is 0 Å². The predicted molar refractivity (Wildman–Crippen MR) is 110 cm³/mol. The van der Waals surface area contributed by atoms with Gasteiger partial charge < -0.3 is 19.7 Å². The van der Waals surface area contributed by atoms with Gasteiger partial charge in [0.15, 0.2) is 0 Å². The Bertz CT molecular complexity index is 876. The third-order valence-electron chi connectivity index (χ3n) is 5.49. The van der Waals surface area contributed by atoms with Gasteiger partial charge in [-0.15, -0.1) is 6.58 Å². The average Bonchev–Trinajstić information content (AvgIpc) is 3.23. The maximum Gasteiger partial charge on any atom is 0.258 e. The fourth-order valence-corrected chi connectivity index (χ4v) is 4.02. The van der Waals surface area contributed by atoms with E-state index in [0.29, 0.717) is 18.7 Å². The van der Waals surface area contributed by atoms with Gasteiger partial charge in [-0.1, -0.05) is 36.4 Å². The fraction of sp³-hybridized carbons (Fsp3) is 0.348. The van der Waals surface area contributed by atoms with Gasteiger partial charge in [0, 0.05) is 24.4 Å². The van der Waals surface area contributed by atoms with Gasteiger partial charge in [0.2, 0.25) is 0 Å². The summed E-state index contributed by atoms with van der Waals surface area (Å²) >= 11 is 0. The molecule has 1 saturated heterocycles. The van der Waals surface area contributed by atoms with Gasteiger partial charge in [0.05, 0.1) is 11.7 Å². The van der Waals surface area contributed by atoms with E-state index >= 15 is 0 Å². The lowest BCUT2D eigenvalue weighted by Gasteiger charge is -2.46. The Morgan fingerprint density at radius 2 is 2.07 bits per heavy atom. The Hall–Kier alpha value is -2.79. The van der Waals surface area contributed by atoms with E-state index in [9.17, 15) is 4.79 Å². The molecule has 2 aliphatic heterocycles. The van der Waals surface area contributed by atoms with Crippen LogP contribution in [0.5, 0.6) is 5.75 Å². The number of nitrogens with zero attached hydrogens (tertiary/aromatic N) is 1. The number of anilines is 1. The molecule has 0 bridgehead atoms. The molecule has 1 N–H and O–H groups in total. The molecule has 2 aromatic rings. The van der Waals surface area contributed by atoms with Crippen molar-refractivity contribution in [3.8, 4) is 5.75 Å². The number of fused-ring (bicyclic) bond motifs is 1. The van der Waals surface area contributed by atoms with Crippen molar-refractivity contribution < 1.29 is 14.3 Å². The van der Waals surface area contributed by atoms with Gasteiger partial charge in [-0.25, -0.2) is 0 Å². The van der Waals surface area contributed by atoms with Crippen LogP contribution in [0.4, 0.5) is 5.69 Å². The van der Waals surface area contributed by atoms with Crippen LogP contribution < -0.4 is 10.1 Å². The molecule has 28 heavy (non-hydrogen) atoms. The minimum Gasteiger partial charge on any atom is -0.490 e. The first kappa shape index (κ1) is 18.6. The van der Waals surface area contributed by atoms with Crippen molar-refractivity contribution >= 4 is 11.6 Å². The zero-order chi connectivity index (χ0) is 19.6. The molecule has 2 aromatic carbocycles. The van der Waals surface area contributed by atoms with Gasteiger partial charge in [-0.05, 0) is 38.0 Å². The molecule has 1 fully saturated rings. The molecule has 2 aliphatic rings. The van der Waals surface area contributed by atoms with Crippen molar-refractivity contribution in [2.75, 3.05) is 25.1 Å². The molecule has 5 heteroatoms. The molecule has 0 spiro atoms. The molecule has 4 rings (SSSR count). The number of ether oxygens (including phenoxy) is 2. The number of carbonyl (C=O) groups is 1. The molecule has 2 heterocycles. The smallest absolute Gasteiger partial charge is 0.258 e. The Labute approximate surface area is 165 Å². The monoisotopic (exact) mass is 378 g/mol. The van der Waals surface area contributed by atoms with Crippen LogP contribution in [0.2, 0.25) is 0 Å². The second-order valence-electron chi connectivity index (χ2n) is 7.39. The lowest BCUT2D eigenvalue weighted by atomic mass is 9.92. The van der Waals surface area contributed by atoms with E-state index in [-0.39, 0.29) is 12.0 Å². The molecule has 0 aromatic heterocycles. The van der Waals surface area contributed by atoms with Crippen LogP contribution in [0.15, 0.2) is 61.2 Å². The summed E-state index contributed by atoms with van der Waals surface area (Å²) in [5.41, 5.74) is 1.65. The van der Waals surface area contributed by atoms with Crippen molar-refractivity contribution in [1.82, 2.24) is 4.90 Å². The fourth-order valence-electron chi connectivity index (χ4n) is 4.02. The molecular weight excluding hydrogens is 352 g/mol. The van der Waals surface area contributed by atoms with Crippen molar-refractivity contribution in [1.29, 1.82) is 0 Å². The summed E-state index contributed by atoms with van der Waals surface area (Å²) in [6.07, 6.45) is 3.98. The number of hydrogen-bond acceptors (Lipinski definition) is 4. The number of nitrogens with one attached hydrogen (secondary N) is 1. The standard InChI is InChI=1S/C23H26N2O3/c1-3-14-25-22(26)18-10-4-6-12-20(18)24-23(25,2)19-11-5-7-13-21(19)28-16-17-9-8-15-27-17/h3-7,10-13,17,24H,1,8-9,14-16H2,2H3. The normalized spacial score (nSPS) is 23.8. The zero-order valence-corrected chi connectivity index (χ0v) is 16.2. The van der Waals surface area contributed by atoms with Gasteiger partial charge in [-0.3, -0.25) is 4.79 Å². The Morgan fingerprint density at radius 3 is 2.86 bits per heavy atom. The second kappa shape index (κ2) is 7.68. The lowest BCUT2D eigenvalue weighted by molar-refractivity contribution is 0.0539. The first-order chi connectivity index (χ1) is 13.6. The highest BCUT2D eigenvalue weighted by molar-refractivity contribution is 6.02. The van der Waals surface area contributed by atoms with Crippen molar-refractivity contribution in [3.63, 3.8) is 0 Å². The van der Waals surface area contributed by atoms with E-state index in [1.165, 1.54) is 0 Å². The van der Waals surface area contributed by atoms with Crippen LogP contribution in [-0.4, -0.2) is 36.7 Å². The molecule has 1 amide bonds. The average molecular weight is 378 g/mol. The quantitative estimate of drug-likeness (QED) is 0.767. The summed E-state index contributed by atoms with van der Waals surface area (Å²) in [6.45, 7) is 7.60. The summed E-state index contributed by atoms with van der Waals surface area (Å²) in [5, 5.41) is 3.57. The van der Waals surface area contributed by atoms with Crippen LogP contribution in [0.3, 0.4) is 0 Å². The molecule has 0 aliphatic carbocycles. The van der Waals surface area contributed by atoms with E-state index in [1.807, 2.05) is 55.5 Å². The van der Waals surface area contributed by atoms with E-state index in [2.05, 4.69) is 11.9 Å². The highest BCUT2D eigenvalue weighted by Crippen LogP contribution is 2.41. The largest absolute Gasteiger partial charge is 0.490 e. The number of para-hydroxylation sites is 2. The van der Waals surface area contributed by atoms with Gasteiger partial charge in [0.25, 0.3) is 5.91 Å². The van der Waals surface area contributed by atoms with Crippen molar-refractivity contribution in [3.05, 3.63) is 72.3 Å². The van der Waals surface area contributed by atoms with Crippen molar-refractivity contribution in [2.45, 2.75) is 31.5 Å². The Kier molecular flexibility index (Phi) is 5.09. The number of rotatable bonds is 6. The number of carbonyl (C=O) groups excluding carboxylic acids is 1. The van der Waals surface area contributed by atoms with Crippen LogP contribution in [0.25, 0.3) is 0 Å². The molecule has 5 nitrogen and oxygen atoms in total. The molecule has 0 radical (unpaired) electrons. The molecule has 146 valence electrons. The molecule has 2 atom stereocenters. The minimum absolute atomic E-state index is 0.0225. The number of hydrogen-bond donors (Lipinski definition) is 1. The summed E-state index contributed by atoms with van der Waals surface area (Å²) in [5.74, 6) is 0.736. The second-order valence-corrected chi connectivity index (χ2v) is 7.39. The van der Waals surface area contributed by atoms with Gasteiger partial charge in [0.1, 0.15) is 18.0 Å². The van der Waals surface area contributed by atoms with E-state index < -0.39 is 5.66 Å². The van der Waals surface area contributed by atoms with Crippen LogP contribution in [0.1, 0.15) is 35.7 Å². The Morgan fingerprint density at radius 1 is 1.29 bits per heavy atom. The highest BCUT2D eigenvalue weighted by atomic mass is 16.5. The summed E-state index contributed by atoms with van der Waals surface area (Å²) in [4.78, 5) is 15.1. The number of amides is 1. The topological polar surface area (TPSA) is 50.8 Å². The first-order valence-corrected chi connectivity index (χ1v) is 9.77. The highest BCUT2D eigenvalue weighted by Gasteiger charge is 2.43. The maximum absolute atomic E-state index is 13.3. The van der Waals surface area contributed by atoms with E-state index in [0.717, 1.165) is 36.4 Å². The van der Waals surface area contributed by atoms with Gasteiger partial charge in [-0.2, -0.15) is 0 Å². The molecular formula is C23H26N2O3. The third kappa shape index (κ3) is 3.27. The van der Waals surface area contributed by atoms with Crippen LogP contribution >= 0.6 is 0 Å².